The Morgan fingerprint density at radius 3 is 2.33 bits per heavy atom. The Bertz CT molecular complexity index is 1260. The van der Waals surface area contributed by atoms with E-state index in [4.69, 9.17) is 0 Å². The van der Waals surface area contributed by atoms with E-state index in [-0.39, 0.29) is 54.0 Å². The molecule has 0 aromatic heterocycles. The lowest BCUT2D eigenvalue weighted by Gasteiger charge is -2.42. The first kappa shape index (κ1) is 31.6. The molecule has 8 rings (SSSR count). The van der Waals surface area contributed by atoms with Crippen LogP contribution in [-0.2, 0) is 25.7 Å². The number of nitrogens with one attached hydrogen (secondary N) is 2. The lowest BCUT2D eigenvalue weighted by atomic mass is 9.80. The molecule has 7 fully saturated rings. The van der Waals surface area contributed by atoms with Gasteiger partial charge in [-0.2, -0.15) is 0 Å². The summed E-state index contributed by atoms with van der Waals surface area (Å²) in [5.74, 6) is 0.139. The second-order valence-electron chi connectivity index (χ2n) is 14.8. The highest BCUT2D eigenvalue weighted by Crippen LogP contribution is 2.35. The molecule has 5 atom stereocenters. The number of nitrogens with zero attached hydrogens (tertiary/aromatic N) is 4. The first-order chi connectivity index (χ1) is 22.4. The van der Waals surface area contributed by atoms with Gasteiger partial charge in [0.2, 0.25) is 23.6 Å². The van der Waals surface area contributed by atoms with Crippen molar-refractivity contribution in [3.8, 4) is 0 Å². The maximum absolute atomic E-state index is 14.3. The van der Waals surface area contributed by atoms with Crippen LogP contribution in [0.5, 0.6) is 0 Å². The van der Waals surface area contributed by atoms with Gasteiger partial charge in [0.1, 0.15) is 6.04 Å². The molecule has 250 valence electrons. The molecule has 0 unspecified atom stereocenters. The van der Waals surface area contributed by atoms with Gasteiger partial charge in [-0.15, -0.1) is 0 Å². The van der Waals surface area contributed by atoms with Crippen LogP contribution in [0.15, 0.2) is 30.3 Å². The molecule has 1 aromatic rings. The molecule has 6 heterocycles. The average Bonchev–Trinajstić information content (AvgIpc) is 3.86. The van der Waals surface area contributed by atoms with Gasteiger partial charge in [0.05, 0.1) is 6.04 Å². The third-order valence-electron chi connectivity index (χ3n) is 12.0. The zero-order valence-corrected chi connectivity index (χ0v) is 27.3. The molecule has 0 spiro atoms. The molecule has 10 nitrogen and oxygen atoms in total. The van der Waals surface area contributed by atoms with Gasteiger partial charge >= 0.3 is 0 Å². The quantitative estimate of drug-likeness (QED) is 0.500. The minimum Gasteiger partial charge on any atom is -0.352 e. The largest absolute Gasteiger partial charge is 0.352 e. The standard InChI is InChI=1S/C36H52N6O4/c43-32(37-23-25-7-2-1-3-8-25)21-26-12-17-40-24-27(26)22-33(44)42-20-15-30(38-28-9-4-5-10-28)34(42)36(46)39-18-13-29(14-19-39)41-16-6-11-31(41)35(40)45/h1-3,7-8,26-31,34,38H,4-6,9-24H2,(H,37,43)/t26-,27-,30+,31-,34-/m0/s1. The van der Waals surface area contributed by atoms with Crippen molar-refractivity contribution >= 4 is 23.6 Å². The van der Waals surface area contributed by atoms with Crippen molar-refractivity contribution in [3.05, 3.63) is 35.9 Å². The summed E-state index contributed by atoms with van der Waals surface area (Å²) in [6.07, 6.45) is 10.4. The average molecular weight is 633 g/mol. The fourth-order valence-electron chi connectivity index (χ4n) is 9.48. The van der Waals surface area contributed by atoms with E-state index in [1.165, 1.54) is 12.8 Å². The number of hydrogen-bond acceptors (Lipinski definition) is 6. The maximum Gasteiger partial charge on any atom is 0.246 e. The van der Waals surface area contributed by atoms with Crippen LogP contribution < -0.4 is 10.6 Å². The second-order valence-corrected chi connectivity index (χ2v) is 14.8. The van der Waals surface area contributed by atoms with Crippen molar-refractivity contribution in [2.24, 2.45) is 11.8 Å². The van der Waals surface area contributed by atoms with Gasteiger partial charge in [-0.1, -0.05) is 43.2 Å². The summed E-state index contributed by atoms with van der Waals surface area (Å²) in [6.45, 7) is 4.47. The molecule has 46 heavy (non-hydrogen) atoms. The predicted octanol–water partition coefficient (Wildman–Crippen LogP) is 2.52. The molecular formula is C36H52N6O4. The third-order valence-corrected chi connectivity index (χ3v) is 12.0. The van der Waals surface area contributed by atoms with E-state index in [1.807, 2.05) is 45.0 Å². The highest BCUT2D eigenvalue weighted by Gasteiger charge is 2.48. The Balaban J connectivity index is 1.13. The van der Waals surface area contributed by atoms with Crippen LogP contribution >= 0.6 is 0 Å². The molecule has 1 aliphatic carbocycles. The maximum atomic E-state index is 14.3. The molecule has 6 aliphatic heterocycles. The monoisotopic (exact) mass is 632 g/mol. The summed E-state index contributed by atoms with van der Waals surface area (Å²) in [4.78, 5) is 64.2. The molecule has 4 bridgehead atoms. The van der Waals surface area contributed by atoms with Crippen molar-refractivity contribution in [1.29, 1.82) is 0 Å². The number of amides is 4. The van der Waals surface area contributed by atoms with Crippen molar-refractivity contribution in [1.82, 2.24) is 30.2 Å². The fraction of sp³-hybridized carbons (Fsp3) is 0.722. The van der Waals surface area contributed by atoms with Crippen LogP contribution in [-0.4, -0.2) is 113 Å². The molecule has 1 saturated carbocycles. The van der Waals surface area contributed by atoms with Crippen LogP contribution in [0.4, 0.5) is 0 Å². The summed E-state index contributed by atoms with van der Waals surface area (Å²) in [5.41, 5.74) is 1.05. The molecular weight excluding hydrogens is 580 g/mol. The molecule has 0 radical (unpaired) electrons. The van der Waals surface area contributed by atoms with Crippen molar-refractivity contribution in [2.75, 3.05) is 39.3 Å². The minimum atomic E-state index is -0.483. The van der Waals surface area contributed by atoms with E-state index in [1.54, 1.807) is 0 Å². The summed E-state index contributed by atoms with van der Waals surface area (Å²) in [6, 6.07) is 9.99. The van der Waals surface area contributed by atoms with E-state index >= 15 is 0 Å². The smallest absolute Gasteiger partial charge is 0.246 e. The first-order valence-corrected chi connectivity index (χ1v) is 18.1. The third kappa shape index (κ3) is 6.70. The van der Waals surface area contributed by atoms with E-state index in [9.17, 15) is 19.2 Å². The lowest BCUT2D eigenvalue weighted by molar-refractivity contribution is -0.146. The number of rotatable bonds is 6. The van der Waals surface area contributed by atoms with Gasteiger partial charge in [0.25, 0.3) is 0 Å². The number of carbonyl (C=O) groups is 4. The van der Waals surface area contributed by atoms with Crippen LogP contribution in [0.1, 0.15) is 82.6 Å². The Labute approximate surface area is 273 Å². The van der Waals surface area contributed by atoms with Gasteiger partial charge in [-0.3, -0.25) is 24.1 Å². The first-order valence-electron chi connectivity index (χ1n) is 18.1. The summed E-state index contributed by atoms with van der Waals surface area (Å²) in [5, 5.41) is 6.90. The molecule has 10 heteroatoms. The van der Waals surface area contributed by atoms with Gasteiger partial charge < -0.3 is 25.3 Å². The van der Waals surface area contributed by atoms with Gasteiger partial charge in [0, 0.05) is 70.2 Å². The second kappa shape index (κ2) is 14.0. The van der Waals surface area contributed by atoms with Gasteiger partial charge in [-0.05, 0) is 75.3 Å². The van der Waals surface area contributed by atoms with Crippen molar-refractivity contribution < 1.29 is 19.2 Å². The van der Waals surface area contributed by atoms with E-state index < -0.39 is 6.04 Å². The zero-order valence-electron chi connectivity index (χ0n) is 27.3. The van der Waals surface area contributed by atoms with E-state index in [2.05, 4.69) is 15.5 Å². The topological polar surface area (TPSA) is 105 Å². The fourth-order valence-corrected chi connectivity index (χ4v) is 9.48. The number of hydrogen-bond donors (Lipinski definition) is 2. The summed E-state index contributed by atoms with van der Waals surface area (Å²) < 4.78 is 0. The molecule has 2 N–H and O–H groups in total. The highest BCUT2D eigenvalue weighted by molar-refractivity contribution is 5.89. The Morgan fingerprint density at radius 2 is 1.54 bits per heavy atom. The molecule has 7 aliphatic rings. The van der Waals surface area contributed by atoms with Gasteiger partial charge in [0.15, 0.2) is 0 Å². The Morgan fingerprint density at radius 1 is 0.783 bits per heavy atom. The SMILES string of the molecule is O=C(C[C@@H]1CCN2C[C@@H]1CC(=O)N1CC[C@@H](NC3CCCC3)[C@H]1C(=O)N1CCC(CC1)N1CCC[C@H]1C2=O)NCc1ccccc1. The molecule has 1 aromatic carbocycles. The number of carbonyl (C=O) groups excluding carboxylic acids is 4. The molecule has 6 saturated heterocycles. The lowest BCUT2D eigenvalue weighted by Crippen LogP contribution is -2.58. The van der Waals surface area contributed by atoms with Crippen LogP contribution in [0, 0.1) is 11.8 Å². The van der Waals surface area contributed by atoms with E-state index in [0.717, 1.165) is 57.1 Å². The predicted molar refractivity (Wildman–Crippen MR) is 174 cm³/mol. The number of fused-ring (bicyclic) bond motifs is 3. The van der Waals surface area contributed by atoms with Crippen molar-refractivity contribution in [3.63, 3.8) is 0 Å². The van der Waals surface area contributed by atoms with Crippen LogP contribution in [0.25, 0.3) is 0 Å². The Kier molecular flexibility index (Phi) is 9.63. The normalized spacial score (nSPS) is 32.8. The highest BCUT2D eigenvalue weighted by atomic mass is 16.2. The van der Waals surface area contributed by atoms with Crippen molar-refractivity contribution in [2.45, 2.75) is 114 Å². The van der Waals surface area contributed by atoms with Crippen LogP contribution in [0.3, 0.4) is 0 Å². The number of piperidine rings is 2. The minimum absolute atomic E-state index is 0.00299. The number of benzene rings is 1. The van der Waals surface area contributed by atoms with Gasteiger partial charge in [-0.25, -0.2) is 0 Å². The summed E-state index contributed by atoms with van der Waals surface area (Å²) in [7, 11) is 0. The van der Waals surface area contributed by atoms with Crippen LogP contribution in [0.2, 0.25) is 0 Å². The molecule has 4 amide bonds. The zero-order chi connectivity index (χ0) is 31.6. The van der Waals surface area contributed by atoms with E-state index in [0.29, 0.717) is 64.2 Å². The Hall–Kier alpha value is -2.98. The summed E-state index contributed by atoms with van der Waals surface area (Å²) >= 11 is 0.